The molecule has 4 rings (SSSR count). The van der Waals surface area contributed by atoms with E-state index in [0.717, 1.165) is 5.52 Å². The molecule has 0 aromatic carbocycles. The second-order valence-corrected chi connectivity index (χ2v) is 8.62. The minimum atomic E-state index is -1.04. The molecule has 9 nitrogen and oxygen atoms in total. The lowest BCUT2D eigenvalue weighted by Crippen LogP contribution is -2.36. The Morgan fingerprint density at radius 2 is 2.11 bits per heavy atom. The van der Waals surface area contributed by atoms with E-state index in [1.165, 1.54) is 12.4 Å². The van der Waals surface area contributed by atoms with Gasteiger partial charge in [0.2, 0.25) is 0 Å². The fraction of sp³-hybridized carbons (Fsp3) is 0.360. The van der Waals surface area contributed by atoms with Gasteiger partial charge in [-0.1, -0.05) is 30.9 Å². The summed E-state index contributed by atoms with van der Waals surface area (Å²) < 4.78 is 15.6. The first-order valence-electron chi connectivity index (χ1n) is 11.7. The molecule has 2 aliphatic rings. The minimum absolute atomic E-state index is 0.0225. The Bertz CT molecular complexity index is 1250. The summed E-state index contributed by atoms with van der Waals surface area (Å²) in [6, 6.07) is 3.72. The highest BCUT2D eigenvalue weighted by atomic mass is 19.1. The van der Waals surface area contributed by atoms with Crippen LogP contribution in [0.3, 0.4) is 0 Å². The van der Waals surface area contributed by atoms with E-state index in [1.54, 1.807) is 22.9 Å². The number of carbonyl (C=O) groups is 1. The van der Waals surface area contributed by atoms with Crippen LogP contribution < -0.4 is 16.7 Å². The standard InChI is InChI=1S/C25H30FN7O2/c1-17(24(34)29-12-8-18-5-2-3-6-20(18)26)15-22(30-16-27)32-13-9-19(10-14-32)33-21-7-4-11-28-23(21)31-25(33)35/h2-7,11,15-16,18-20H,1,8-10,12-14H2,(H2,27,30)(H,29,34)(H,28,31,35)/b22-15+. The molecule has 0 radical (unpaired) electrons. The summed E-state index contributed by atoms with van der Waals surface area (Å²) in [6.45, 7) is 5.46. The first kappa shape index (κ1) is 24.2. The molecule has 2 aromatic heterocycles. The maximum atomic E-state index is 13.9. The number of hydrogen-bond acceptors (Lipinski definition) is 5. The molecule has 184 valence electrons. The van der Waals surface area contributed by atoms with E-state index in [1.807, 2.05) is 29.2 Å². The number of likely N-dealkylation sites (tertiary alicyclic amines) is 1. The molecule has 4 N–H and O–H groups in total. The molecular formula is C25H30FN7O2. The molecular weight excluding hydrogens is 449 g/mol. The number of aromatic amines is 1. The zero-order chi connectivity index (χ0) is 24.8. The molecule has 1 aliphatic carbocycles. The van der Waals surface area contributed by atoms with Crippen molar-refractivity contribution in [2.24, 2.45) is 16.6 Å². The van der Waals surface area contributed by atoms with Gasteiger partial charge in [-0.2, -0.15) is 0 Å². The third kappa shape index (κ3) is 5.59. The highest BCUT2D eigenvalue weighted by molar-refractivity contribution is 5.95. The molecule has 10 heteroatoms. The largest absolute Gasteiger partial charge is 0.390 e. The Balaban J connectivity index is 1.35. The highest BCUT2D eigenvalue weighted by Crippen LogP contribution is 2.27. The van der Waals surface area contributed by atoms with Crippen molar-refractivity contribution in [3.8, 4) is 0 Å². The summed E-state index contributed by atoms with van der Waals surface area (Å²) in [6.07, 6.45) is 12.1. The number of hydrogen-bond donors (Lipinski definition) is 3. The van der Waals surface area contributed by atoms with Crippen LogP contribution in [0.4, 0.5) is 4.39 Å². The van der Waals surface area contributed by atoms with E-state index < -0.39 is 6.17 Å². The van der Waals surface area contributed by atoms with Crippen molar-refractivity contribution in [1.82, 2.24) is 24.8 Å². The van der Waals surface area contributed by atoms with Crippen molar-refractivity contribution in [1.29, 1.82) is 0 Å². The number of alkyl halides is 1. The van der Waals surface area contributed by atoms with Gasteiger partial charge in [-0.25, -0.2) is 19.2 Å². The Kier molecular flexibility index (Phi) is 7.59. The number of nitrogens with one attached hydrogen (secondary N) is 2. The second-order valence-electron chi connectivity index (χ2n) is 8.62. The van der Waals surface area contributed by atoms with Crippen LogP contribution in [-0.4, -0.2) is 57.5 Å². The number of halogens is 1. The van der Waals surface area contributed by atoms with Crippen LogP contribution in [0, 0.1) is 5.92 Å². The summed E-state index contributed by atoms with van der Waals surface area (Å²) in [5.41, 5.74) is 6.99. The van der Waals surface area contributed by atoms with E-state index >= 15 is 0 Å². The summed E-state index contributed by atoms with van der Waals surface area (Å²) >= 11 is 0. The number of amides is 1. The van der Waals surface area contributed by atoms with E-state index in [-0.39, 0.29) is 29.1 Å². The van der Waals surface area contributed by atoms with E-state index in [0.29, 0.717) is 50.4 Å². The molecule has 1 amide bonds. The number of rotatable bonds is 8. The van der Waals surface area contributed by atoms with Gasteiger partial charge in [0.1, 0.15) is 12.0 Å². The minimum Gasteiger partial charge on any atom is -0.390 e. The Labute approximate surface area is 202 Å². The molecule has 35 heavy (non-hydrogen) atoms. The lowest BCUT2D eigenvalue weighted by atomic mass is 9.95. The molecule has 1 saturated heterocycles. The van der Waals surface area contributed by atoms with Gasteiger partial charge >= 0.3 is 5.69 Å². The Morgan fingerprint density at radius 1 is 1.34 bits per heavy atom. The van der Waals surface area contributed by atoms with Crippen molar-refractivity contribution < 1.29 is 9.18 Å². The predicted octanol–water partition coefficient (Wildman–Crippen LogP) is 2.33. The fourth-order valence-electron chi connectivity index (χ4n) is 4.53. The number of aromatic nitrogens is 3. The van der Waals surface area contributed by atoms with Crippen molar-refractivity contribution in [2.75, 3.05) is 19.6 Å². The van der Waals surface area contributed by atoms with Crippen molar-refractivity contribution in [2.45, 2.75) is 31.5 Å². The molecule has 2 aromatic rings. The van der Waals surface area contributed by atoms with Crippen LogP contribution >= 0.6 is 0 Å². The maximum Gasteiger partial charge on any atom is 0.327 e. The fourth-order valence-corrected chi connectivity index (χ4v) is 4.53. The number of nitrogens with zero attached hydrogens (tertiary/aromatic N) is 4. The van der Waals surface area contributed by atoms with Crippen molar-refractivity contribution in [3.05, 3.63) is 77.2 Å². The van der Waals surface area contributed by atoms with Gasteiger partial charge in [0.05, 0.1) is 11.9 Å². The number of carbonyl (C=O) groups excluding carboxylic acids is 1. The summed E-state index contributed by atoms with van der Waals surface area (Å²) in [5.74, 6) is -0.0559. The van der Waals surface area contributed by atoms with Gasteiger partial charge < -0.3 is 16.0 Å². The summed E-state index contributed by atoms with van der Waals surface area (Å²) in [5, 5.41) is 2.79. The number of allylic oxidation sites excluding steroid dienone is 4. The molecule has 3 heterocycles. The van der Waals surface area contributed by atoms with Crippen LogP contribution in [0.25, 0.3) is 11.2 Å². The number of fused-ring (bicyclic) bond motifs is 1. The molecule has 0 bridgehead atoms. The number of piperidine rings is 1. The van der Waals surface area contributed by atoms with Crippen LogP contribution in [0.15, 0.2) is 76.5 Å². The zero-order valence-corrected chi connectivity index (χ0v) is 19.4. The third-order valence-electron chi connectivity index (χ3n) is 6.38. The number of nitrogens with two attached hydrogens (primary N) is 1. The lowest BCUT2D eigenvalue weighted by molar-refractivity contribution is -0.117. The number of pyridine rings is 1. The Morgan fingerprint density at radius 3 is 2.86 bits per heavy atom. The van der Waals surface area contributed by atoms with E-state index in [9.17, 15) is 14.0 Å². The SMILES string of the molecule is C=C(/C=C(\N=CN)N1CCC(n2c(=O)[nH]c3ncccc32)CC1)C(=O)NCCC1C=CC=CC1F. The lowest BCUT2D eigenvalue weighted by Gasteiger charge is -2.34. The van der Waals surface area contributed by atoms with Gasteiger partial charge in [-0.15, -0.1) is 0 Å². The van der Waals surface area contributed by atoms with E-state index in [2.05, 4.69) is 26.9 Å². The quantitative estimate of drug-likeness (QED) is 0.232. The summed E-state index contributed by atoms with van der Waals surface area (Å²) in [4.78, 5) is 38.3. The molecule has 2 unspecified atom stereocenters. The Hall–Kier alpha value is -3.95. The molecule has 2 atom stereocenters. The number of imidazole rings is 1. The number of aliphatic imine (C=N–C) groups is 1. The van der Waals surface area contributed by atoms with Crippen molar-refractivity contribution >= 4 is 23.4 Å². The van der Waals surface area contributed by atoms with Gasteiger partial charge in [-0.05, 0) is 37.5 Å². The normalized spacial score (nSPS) is 21.2. The van der Waals surface area contributed by atoms with Crippen LogP contribution in [0.2, 0.25) is 0 Å². The average molecular weight is 480 g/mol. The number of H-pyrrole nitrogens is 1. The van der Waals surface area contributed by atoms with Gasteiger partial charge in [0.25, 0.3) is 5.91 Å². The zero-order valence-electron chi connectivity index (χ0n) is 19.4. The molecule has 1 aliphatic heterocycles. The van der Waals surface area contributed by atoms with Crippen LogP contribution in [0.5, 0.6) is 0 Å². The van der Waals surface area contributed by atoms with Crippen LogP contribution in [0.1, 0.15) is 25.3 Å². The van der Waals surface area contributed by atoms with Gasteiger partial charge in [0, 0.05) is 43.4 Å². The first-order valence-corrected chi connectivity index (χ1v) is 11.7. The first-order chi connectivity index (χ1) is 17.0. The highest BCUT2D eigenvalue weighted by Gasteiger charge is 2.25. The second kappa shape index (κ2) is 11.0. The van der Waals surface area contributed by atoms with E-state index in [4.69, 9.17) is 5.73 Å². The smallest absolute Gasteiger partial charge is 0.327 e. The monoisotopic (exact) mass is 479 g/mol. The summed E-state index contributed by atoms with van der Waals surface area (Å²) in [7, 11) is 0. The van der Waals surface area contributed by atoms with Gasteiger partial charge in [0.15, 0.2) is 5.65 Å². The maximum absolute atomic E-state index is 13.9. The average Bonchev–Trinajstić information content (AvgIpc) is 3.20. The molecule has 0 spiro atoms. The molecule has 0 saturated carbocycles. The topological polar surface area (TPSA) is 121 Å². The predicted molar refractivity (Wildman–Crippen MR) is 134 cm³/mol. The van der Waals surface area contributed by atoms with Crippen molar-refractivity contribution in [3.63, 3.8) is 0 Å². The third-order valence-corrected chi connectivity index (χ3v) is 6.38. The molecule has 1 fully saturated rings. The van der Waals surface area contributed by atoms with Crippen LogP contribution in [-0.2, 0) is 4.79 Å². The van der Waals surface area contributed by atoms with Gasteiger partial charge in [-0.3, -0.25) is 14.3 Å².